The Bertz CT molecular complexity index is 505. The van der Waals surface area contributed by atoms with E-state index in [4.69, 9.17) is 0 Å². The molecule has 2 amide bonds. The summed E-state index contributed by atoms with van der Waals surface area (Å²) in [6.07, 6.45) is 3.90. The van der Waals surface area contributed by atoms with E-state index >= 15 is 0 Å². The highest BCUT2D eigenvalue weighted by Gasteiger charge is 2.47. The van der Waals surface area contributed by atoms with E-state index in [1.807, 2.05) is 24.3 Å². The largest absolute Gasteiger partial charge is 0.278 e. The first-order valence-corrected chi connectivity index (χ1v) is 7.56. The van der Waals surface area contributed by atoms with Gasteiger partial charge >= 0.3 is 0 Å². The number of fused-ring (bicyclic) bond motifs is 1. The van der Waals surface area contributed by atoms with Crippen LogP contribution in [-0.2, 0) is 16.1 Å². The summed E-state index contributed by atoms with van der Waals surface area (Å²) in [5.74, 6) is -0.0385. The van der Waals surface area contributed by atoms with Crippen molar-refractivity contribution in [1.29, 1.82) is 0 Å². The van der Waals surface area contributed by atoms with Crippen LogP contribution in [0.4, 0.5) is 0 Å². The van der Waals surface area contributed by atoms with Gasteiger partial charge in [0.15, 0.2) is 0 Å². The number of halogens is 1. The maximum Gasteiger partial charge on any atom is 0.233 e. The van der Waals surface area contributed by atoms with E-state index in [2.05, 4.69) is 15.9 Å². The molecule has 3 nitrogen and oxygen atoms in total. The fraction of sp³-hybridized carbons (Fsp3) is 0.467. The van der Waals surface area contributed by atoms with Crippen LogP contribution in [0.25, 0.3) is 0 Å². The SMILES string of the molecule is O=C1C2CCCCC2C(=O)N1Cc1ccccc1Br. The number of hydrogen-bond donors (Lipinski definition) is 0. The van der Waals surface area contributed by atoms with Crippen LogP contribution in [0, 0.1) is 11.8 Å². The summed E-state index contributed by atoms with van der Waals surface area (Å²) in [6, 6.07) is 7.75. The van der Waals surface area contributed by atoms with Gasteiger partial charge in [-0.3, -0.25) is 14.5 Å². The Kier molecular flexibility index (Phi) is 3.44. The Balaban J connectivity index is 1.83. The lowest BCUT2D eigenvalue weighted by atomic mass is 9.81. The number of amides is 2. The second kappa shape index (κ2) is 5.08. The van der Waals surface area contributed by atoms with Gasteiger partial charge in [-0.1, -0.05) is 47.0 Å². The van der Waals surface area contributed by atoms with Crippen LogP contribution >= 0.6 is 15.9 Å². The summed E-state index contributed by atoms with van der Waals surface area (Å²) in [5.41, 5.74) is 0.989. The van der Waals surface area contributed by atoms with E-state index < -0.39 is 0 Å². The number of carbonyl (C=O) groups is 2. The molecule has 1 aliphatic carbocycles. The highest BCUT2D eigenvalue weighted by molar-refractivity contribution is 9.10. The summed E-state index contributed by atoms with van der Waals surface area (Å²) in [5, 5.41) is 0. The van der Waals surface area contributed by atoms with E-state index in [-0.39, 0.29) is 23.7 Å². The van der Waals surface area contributed by atoms with E-state index in [9.17, 15) is 9.59 Å². The molecule has 0 aromatic heterocycles. The summed E-state index contributed by atoms with van der Waals surface area (Å²) >= 11 is 3.47. The molecule has 0 radical (unpaired) electrons. The molecule has 2 aliphatic rings. The fourth-order valence-corrected chi connectivity index (χ4v) is 3.59. The number of imide groups is 1. The molecule has 0 spiro atoms. The summed E-state index contributed by atoms with van der Waals surface area (Å²) in [7, 11) is 0. The van der Waals surface area contributed by atoms with Crippen LogP contribution in [0.2, 0.25) is 0 Å². The third kappa shape index (κ3) is 2.22. The first kappa shape index (κ1) is 12.9. The van der Waals surface area contributed by atoms with Crippen LogP contribution in [0.3, 0.4) is 0 Å². The molecule has 2 fully saturated rings. The Hall–Kier alpha value is -1.16. The molecular weight excluding hydrogens is 306 g/mol. The topological polar surface area (TPSA) is 37.4 Å². The first-order valence-electron chi connectivity index (χ1n) is 6.77. The van der Waals surface area contributed by atoms with Crippen LogP contribution in [0.15, 0.2) is 28.7 Å². The van der Waals surface area contributed by atoms with Gasteiger partial charge in [-0.25, -0.2) is 0 Å². The lowest BCUT2D eigenvalue weighted by molar-refractivity contribution is -0.140. The van der Waals surface area contributed by atoms with Gasteiger partial charge in [0.25, 0.3) is 0 Å². The second-order valence-corrected chi connectivity index (χ2v) is 6.21. The van der Waals surface area contributed by atoms with Gasteiger partial charge in [0.05, 0.1) is 18.4 Å². The molecule has 2 unspecified atom stereocenters. The smallest absolute Gasteiger partial charge is 0.233 e. The Morgan fingerprint density at radius 3 is 2.21 bits per heavy atom. The van der Waals surface area contributed by atoms with Gasteiger partial charge in [0.2, 0.25) is 11.8 Å². The van der Waals surface area contributed by atoms with E-state index in [0.717, 1.165) is 35.7 Å². The second-order valence-electron chi connectivity index (χ2n) is 5.35. The number of rotatable bonds is 2. The average molecular weight is 322 g/mol. The van der Waals surface area contributed by atoms with Crippen molar-refractivity contribution in [1.82, 2.24) is 4.90 Å². The third-order valence-electron chi connectivity index (χ3n) is 4.22. The maximum absolute atomic E-state index is 12.4. The summed E-state index contributed by atoms with van der Waals surface area (Å²) < 4.78 is 0.950. The van der Waals surface area contributed by atoms with Crippen LogP contribution in [0.5, 0.6) is 0 Å². The van der Waals surface area contributed by atoms with Gasteiger partial charge in [-0.15, -0.1) is 0 Å². The lowest BCUT2D eigenvalue weighted by Crippen LogP contribution is -2.30. The standard InChI is InChI=1S/C15H16BrNO2/c16-13-8-4-1-5-10(13)9-17-14(18)11-6-2-3-7-12(11)15(17)19/h1,4-5,8,11-12H,2-3,6-7,9H2. The Morgan fingerprint density at radius 1 is 1.05 bits per heavy atom. The molecule has 4 heteroatoms. The molecule has 3 rings (SSSR count). The van der Waals surface area contributed by atoms with Crippen molar-refractivity contribution in [2.45, 2.75) is 32.2 Å². The van der Waals surface area contributed by atoms with Crippen molar-refractivity contribution in [2.75, 3.05) is 0 Å². The molecule has 1 aromatic rings. The third-order valence-corrected chi connectivity index (χ3v) is 4.99. The number of benzene rings is 1. The first-order chi connectivity index (χ1) is 9.18. The predicted octanol–water partition coefficient (Wildman–Crippen LogP) is 3.12. The predicted molar refractivity (Wildman–Crippen MR) is 75.1 cm³/mol. The van der Waals surface area contributed by atoms with Crippen molar-refractivity contribution in [3.63, 3.8) is 0 Å². The van der Waals surface area contributed by atoms with Gasteiger partial charge in [0.1, 0.15) is 0 Å². The summed E-state index contributed by atoms with van der Waals surface area (Å²) in [4.78, 5) is 26.2. The van der Waals surface area contributed by atoms with E-state index in [1.165, 1.54) is 4.90 Å². The highest BCUT2D eigenvalue weighted by Crippen LogP contribution is 2.38. The molecule has 0 N–H and O–H groups in total. The minimum absolute atomic E-state index is 0.0328. The number of carbonyl (C=O) groups excluding carboxylic acids is 2. The zero-order valence-corrected chi connectivity index (χ0v) is 12.2. The van der Waals surface area contributed by atoms with Crippen molar-refractivity contribution in [3.05, 3.63) is 34.3 Å². The molecule has 2 atom stereocenters. The molecule has 1 saturated heterocycles. The van der Waals surface area contributed by atoms with Gasteiger partial charge in [-0.2, -0.15) is 0 Å². The normalized spacial score (nSPS) is 26.7. The highest BCUT2D eigenvalue weighted by atomic mass is 79.9. The van der Waals surface area contributed by atoms with Gasteiger partial charge in [-0.05, 0) is 24.5 Å². The van der Waals surface area contributed by atoms with E-state index in [0.29, 0.717) is 6.54 Å². The zero-order chi connectivity index (χ0) is 13.4. The lowest BCUT2D eigenvalue weighted by Gasteiger charge is -2.19. The summed E-state index contributed by atoms with van der Waals surface area (Å²) in [6.45, 7) is 0.395. The minimum atomic E-state index is -0.0521. The van der Waals surface area contributed by atoms with Crippen molar-refractivity contribution in [3.8, 4) is 0 Å². The molecule has 1 aromatic carbocycles. The van der Waals surface area contributed by atoms with Gasteiger partial charge in [0, 0.05) is 4.47 Å². The molecule has 19 heavy (non-hydrogen) atoms. The zero-order valence-electron chi connectivity index (χ0n) is 10.6. The Morgan fingerprint density at radius 2 is 1.63 bits per heavy atom. The van der Waals surface area contributed by atoms with Crippen molar-refractivity contribution >= 4 is 27.7 Å². The average Bonchev–Trinajstić information content (AvgIpc) is 2.67. The maximum atomic E-state index is 12.4. The van der Waals surface area contributed by atoms with E-state index in [1.54, 1.807) is 0 Å². The number of likely N-dealkylation sites (tertiary alicyclic amines) is 1. The van der Waals surface area contributed by atoms with Crippen molar-refractivity contribution < 1.29 is 9.59 Å². The molecule has 1 aliphatic heterocycles. The van der Waals surface area contributed by atoms with Crippen LogP contribution in [0.1, 0.15) is 31.2 Å². The van der Waals surface area contributed by atoms with Gasteiger partial charge < -0.3 is 0 Å². The van der Waals surface area contributed by atoms with Crippen LogP contribution in [-0.4, -0.2) is 16.7 Å². The molecule has 1 heterocycles. The van der Waals surface area contributed by atoms with Crippen LogP contribution < -0.4 is 0 Å². The Labute approximate surface area is 121 Å². The molecule has 1 saturated carbocycles. The molecule has 0 bridgehead atoms. The quantitative estimate of drug-likeness (QED) is 0.785. The molecular formula is C15H16BrNO2. The fourth-order valence-electron chi connectivity index (χ4n) is 3.18. The van der Waals surface area contributed by atoms with Crippen molar-refractivity contribution in [2.24, 2.45) is 11.8 Å². The minimum Gasteiger partial charge on any atom is -0.278 e. The number of nitrogens with zero attached hydrogens (tertiary/aromatic N) is 1. The monoisotopic (exact) mass is 321 g/mol. The molecule has 100 valence electrons. The number of hydrogen-bond acceptors (Lipinski definition) is 2.